The quantitative estimate of drug-likeness (QED) is 0.603. The van der Waals surface area contributed by atoms with Crippen LogP contribution in [0.1, 0.15) is 18.4 Å². The van der Waals surface area contributed by atoms with Crippen molar-refractivity contribution in [2.45, 2.75) is 18.9 Å². The van der Waals surface area contributed by atoms with E-state index in [-0.39, 0.29) is 12.0 Å². The van der Waals surface area contributed by atoms with Gasteiger partial charge in [0.2, 0.25) is 5.91 Å². The molecular weight excluding hydrogens is 372 g/mol. The maximum absolute atomic E-state index is 12.4. The summed E-state index contributed by atoms with van der Waals surface area (Å²) in [5.41, 5.74) is 1.95. The number of fused-ring (bicyclic) bond motifs is 1. The van der Waals surface area contributed by atoms with Gasteiger partial charge in [0, 0.05) is 32.0 Å². The molecule has 0 radical (unpaired) electrons. The molecule has 28 heavy (non-hydrogen) atoms. The fourth-order valence-corrected chi connectivity index (χ4v) is 4.14. The van der Waals surface area contributed by atoms with Gasteiger partial charge in [0.25, 0.3) is 5.19 Å². The smallest absolute Gasteiger partial charge is 0.274 e. The van der Waals surface area contributed by atoms with Crippen molar-refractivity contribution in [3.63, 3.8) is 0 Å². The fraction of sp³-hybridized carbons (Fsp3) is 0.273. The normalized spacial score (nSPS) is 15.2. The number of carbonyl (C=O) groups excluding carboxylic acids is 1. The van der Waals surface area contributed by atoms with Crippen LogP contribution in [0.2, 0.25) is 0 Å². The maximum Gasteiger partial charge on any atom is 0.274 e. The predicted octanol–water partition coefficient (Wildman–Crippen LogP) is 4.39. The van der Waals surface area contributed by atoms with Crippen LogP contribution in [0.3, 0.4) is 0 Å². The lowest BCUT2D eigenvalue weighted by Crippen LogP contribution is -2.41. The van der Waals surface area contributed by atoms with Crippen LogP contribution in [0.15, 0.2) is 54.6 Å². The Labute approximate surface area is 168 Å². The largest absolute Gasteiger partial charge is 0.497 e. The zero-order valence-electron chi connectivity index (χ0n) is 15.7. The molecule has 2 aromatic carbocycles. The minimum absolute atomic E-state index is 0.0504. The van der Waals surface area contributed by atoms with E-state index in [0.717, 1.165) is 34.4 Å². The highest BCUT2D eigenvalue weighted by Gasteiger charge is 2.23. The average molecular weight is 394 g/mol. The van der Waals surface area contributed by atoms with E-state index in [9.17, 15) is 4.79 Å². The second kappa shape index (κ2) is 8.44. The van der Waals surface area contributed by atoms with Crippen molar-refractivity contribution in [3.8, 4) is 10.9 Å². The minimum Gasteiger partial charge on any atom is -0.497 e. The molecular formula is C22H22N2O3S. The topological polar surface area (TPSA) is 51.7 Å². The number of aromatic nitrogens is 1. The molecule has 3 aromatic rings. The van der Waals surface area contributed by atoms with Gasteiger partial charge in [-0.2, -0.15) is 0 Å². The van der Waals surface area contributed by atoms with Gasteiger partial charge in [-0.1, -0.05) is 41.7 Å². The van der Waals surface area contributed by atoms with Gasteiger partial charge in [-0.05, 0) is 29.8 Å². The van der Waals surface area contributed by atoms with Crippen molar-refractivity contribution in [2.24, 2.45) is 0 Å². The molecule has 0 N–H and O–H groups in total. The van der Waals surface area contributed by atoms with Gasteiger partial charge in [0.05, 0.1) is 17.3 Å². The molecule has 0 saturated carbocycles. The molecule has 6 heteroatoms. The molecule has 0 bridgehead atoms. The zero-order chi connectivity index (χ0) is 19.3. The Morgan fingerprint density at radius 3 is 2.71 bits per heavy atom. The Bertz CT molecular complexity index is 976. The SMILES string of the molecule is COc1ccc2nc(OC3CCN(C(=O)/C=C/c4ccccc4)CC3)sc2c1. The number of likely N-dealkylation sites (tertiary alicyclic amines) is 1. The average Bonchev–Trinajstić information content (AvgIpc) is 3.14. The molecule has 2 heterocycles. The number of piperidine rings is 1. The summed E-state index contributed by atoms with van der Waals surface area (Å²) in [5, 5.41) is 0.678. The zero-order valence-corrected chi connectivity index (χ0v) is 16.5. The molecule has 0 unspecified atom stereocenters. The van der Waals surface area contributed by atoms with Crippen LogP contribution in [0.4, 0.5) is 0 Å². The number of nitrogens with zero attached hydrogens (tertiary/aromatic N) is 2. The molecule has 1 aliphatic rings. The summed E-state index contributed by atoms with van der Waals surface area (Å²) in [7, 11) is 1.66. The van der Waals surface area contributed by atoms with Crippen LogP contribution in [0, 0.1) is 0 Å². The summed E-state index contributed by atoms with van der Waals surface area (Å²) < 4.78 is 12.4. The molecule has 4 rings (SSSR count). The van der Waals surface area contributed by atoms with Crippen LogP contribution in [-0.2, 0) is 4.79 Å². The van der Waals surface area contributed by atoms with E-state index in [1.54, 1.807) is 13.2 Å². The van der Waals surface area contributed by atoms with E-state index >= 15 is 0 Å². The Balaban J connectivity index is 1.31. The van der Waals surface area contributed by atoms with Crippen molar-refractivity contribution >= 4 is 33.5 Å². The third-order valence-corrected chi connectivity index (χ3v) is 5.72. The number of hydrogen-bond acceptors (Lipinski definition) is 5. The molecule has 144 valence electrons. The standard InChI is InChI=1S/C22H22N2O3S/c1-26-18-8-9-19-20(15-18)28-22(23-19)27-17-11-13-24(14-12-17)21(25)10-7-16-5-3-2-4-6-16/h2-10,15,17H,11-14H2,1H3/b10-7+. The van der Waals surface area contributed by atoms with E-state index in [1.165, 1.54) is 11.3 Å². The lowest BCUT2D eigenvalue weighted by Gasteiger charge is -2.30. The van der Waals surface area contributed by atoms with E-state index in [4.69, 9.17) is 9.47 Å². The van der Waals surface area contributed by atoms with Gasteiger partial charge >= 0.3 is 0 Å². The minimum atomic E-state index is 0.0504. The Hall–Kier alpha value is -2.86. The van der Waals surface area contributed by atoms with Crippen molar-refractivity contribution in [1.29, 1.82) is 0 Å². The molecule has 0 atom stereocenters. The number of thiazole rings is 1. The summed E-state index contributed by atoms with van der Waals surface area (Å²) in [6, 6.07) is 15.7. The van der Waals surface area contributed by atoms with Crippen molar-refractivity contribution in [1.82, 2.24) is 9.88 Å². The number of ether oxygens (including phenoxy) is 2. The second-order valence-electron chi connectivity index (χ2n) is 6.70. The number of benzene rings is 2. The lowest BCUT2D eigenvalue weighted by atomic mass is 10.1. The monoisotopic (exact) mass is 394 g/mol. The van der Waals surface area contributed by atoms with Crippen LogP contribution < -0.4 is 9.47 Å². The third-order valence-electron chi connectivity index (χ3n) is 4.82. The molecule has 0 spiro atoms. The first kappa shape index (κ1) is 18.5. The highest BCUT2D eigenvalue weighted by Crippen LogP contribution is 2.32. The van der Waals surface area contributed by atoms with Crippen molar-refractivity contribution in [2.75, 3.05) is 20.2 Å². The number of rotatable bonds is 5. The van der Waals surface area contributed by atoms with Gasteiger partial charge in [-0.3, -0.25) is 4.79 Å². The van der Waals surface area contributed by atoms with Gasteiger partial charge in [0.15, 0.2) is 0 Å². The van der Waals surface area contributed by atoms with Crippen molar-refractivity contribution in [3.05, 3.63) is 60.2 Å². The summed E-state index contributed by atoms with van der Waals surface area (Å²) >= 11 is 1.53. The first-order chi connectivity index (χ1) is 13.7. The van der Waals surface area contributed by atoms with E-state index < -0.39 is 0 Å². The first-order valence-corrected chi connectivity index (χ1v) is 10.2. The van der Waals surface area contributed by atoms with E-state index in [2.05, 4.69) is 4.98 Å². The summed E-state index contributed by atoms with van der Waals surface area (Å²) in [5.74, 6) is 0.868. The molecule has 5 nitrogen and oxygen atoms in total. The van der Waals surface area contributed by atoms with Gasteiger partial charge in [-0.25, -0.2) is 4.98 Å². The van der Waals surface area contributed by atoms with E-state index in [1.807, 2.05) is 59.5 Å². The highest BCUT2D eigenvalue weighted by atomic mass is 32.1. The molecule has 1 aromatic heterocycles. The number of amides is 1. The molecule has 1 amide bonds. The second-order valence-corrected chi connectivity index (χ2v) is 7.69. The van der Waals surface area contributed by atoms with Gasteiger partial charge < -0.3 is 14.4 Å². The highest BCUT2D eigenvalue weighted by molar-refractivity contribution is 7.20. The predicted molar refractivity (Wildman–Crippen MR) is 112 cm³/mol. The lowest BCUT2D eigenvalue weighted by molar-refractivity contribution is -0.127. The Morgan fingerprint density at radius 2 is 1.96 bits per heavy atom. The van der Waals surface area contributed by atoms with Crippen LogP contribution in [-0.4, -0.2) is 42.1 Å². The Kier molecular flexibility index (Phi) is 5.58. The number of hydrogen-bond donors (Lipinski definition) is 0. The molecule has 1 aliphatic heterocycles. The van der Waals surface area contributed by atoms with Crippen LogP contribution in [0.25, 0.3) is 16.3 Å². The van der Waals surface area contributed by atoms with E-state index in [0.29, 0.717) is 18.3 Å². The van der Waals surface area contributed by atoms with Crippen LogP contribution >= 0.6 is 11.3 Å². The number of carbonyl (C=O) groups is 1. The maximum atomic E-state index is 12.4. The number of methoxy groups -OCH3 is 1. The summed E-state index contributed by atoms with van der Waals surface area (Å²) in [4.78, 5) is 18.8. The van der Waals surface area contributed by atoms with Crippen molar-refractivity contribution < 1.29 is 14.3 Å². The summed E-state index contributed by atoms with van der Waals surface area (Å²) in [6.45, 7) is 1.39. The molecule has 1 fully saturated rings. The first-order valence-electron chi connectivity index (χ1n) is 9.34. The Morgan fingerprint density at radius 1 is 1.18 bits per heavy atom. The van der Waals surface area contributed by atoms with Gasteiger partial charge in [0.1, 0.15) is 11.9 Å². The molecule has 1 saturated heterocycles. The third kappa shape index (κ3) is 4.34. The summed E-state index contributed by atoms with van der Waals surface area (Å²) in [6.07, 6.45) is 5.22. The molecule has 0 aliphatic carbocycles. The van der Waals surface area contributed by atoms with Crippen LogP contribution in [0.5, 0.6) is 10.9 Å². The fourth-order valence-electron chi connectivity index (χ4n) is 3.23. The van der Waals surface area contributed by atoms with Gasteiger partial charge in [-0.15, -0.1) is 0 Å².